The van der Waals surface area contributed by atoms with E-state index >= 15 is 0 Å². The molecule has 0 fully saturated rings. The fourth-order valence-corrected chi connectivity index (χ4v) is 3.15. The molecule has 0 saturated carbocycles. The molecule has 0 amide bonds. The Morgan fingerprint density at radius 2 is 2.08 bits per heavy atom. The molecular formula is C17H14ClFN6O. The summed E-state index contributed by atoms with van der Waals surface area (Å²) in [7, 11) is 0. The Kier molecular flexibility index (Phi) is 4.44. The monoisotopic (exact) mass is 372 g/mol. The molecule has 7 nitrogen and oxygen atoms in total. The second-order valence-corrected chi connectivity index (χ2v) is 6.39. The summed E-state index contributed by atoms with van der Waals surface area (Å²) in [5.41, 5.74) is 2.43. The smallest absolute Gasteiger partial charge is 0.255 e. The highest BCUT2D eigenvalue weighted by Crippen LogP contribution is 2.21. The van der Waals surface area contributed by atoms with Crippen LogP contribution in [0.3, 0.4) is 0 Å². The summed E-state index contributed by atoms with van der Waals surface area (Å²) >= 11 is 6.04. The molecule has 0 atom stereocenters. The molecule has 26 heavy (non-hydrogen) atoms. The van der Waals surface area contributed by atoms with Crippen LogP contribution in [0.25, 0.3) is 11.4 Å². The molecule has 4 heterocycles. The van der Waals surface area contributed by atoms with Gasteiger partial charge in [-0.15, -0.1) is 0 Å². The lowest BCUT2D eigenvalue weighted by Gasteiger charge is -2.27. The molecule has 132 valence electrons. The Balaban J connectivity index is 1.59. The molecule has 0 aromatic carbocycles. The number of fused-ring (bicyclic) bond motifs is 1. The first-order valence-corrected chi connectivity index (χ1v) is 8.37. The van der Waals surface area contributed by atoms with Crippen molar-refractivity contribution in [2.45, 2.75) is 19.5 Å². The van der Waals surface area contributed by atoms with Crippen LogP contribution in [0.5, 0.6) is 0 Å². The third kappa shape index (κ3) is 3.33. The van der Waals surface area contributed by atoms with Gasteiger partial charge in [0.2, 0.25) is 0 Å². The minimum atomic E-state index is -0.434. The maximum absolute atomic E-state index is 13.4. The zero-order valence-corrected chi connectivity index (χ0v) is 14.4. The average Bonchev–Trinajstić information content (AvgIpc) is 2.66. The van der Waals surface area contributed by atoms with Gasteiger partial charge < -0.3 is 4.98 Å². The van der Waals surface area contributed by atoms with Gasteiger partial charge >= 0.3 is 0 Å². The largest absolute Gasteiger partial charge is 0.306 e. The van der Waals surface area contributed by atoms with Gasteiger partial charge in [-0.05, 0) is 6.07 Å². The van der Waals surface area contributed by atoms with Crippen LogP contribution in [-0.2, 0) is 19.5 Å². The summed E-state index contributed by atoms with van der Waals surface area (Å²) in [6.45, 7) is 1.51. The van der Waals surface area contributed by atoms with E-state index < -0.39 is 5.82 Å². The number of hydrogen-bond acceptors (Lipinski definition) is 6. The summed E-state index contributed by atoms with van der Waals surface area (Å²) in [5.74, 6) is 0.0243. The van der Waals surface area contributed by atoms with Crippen molar-refractivity contribution < 1.29 is 4.39 Å². The Morgan fingerprint density at radius 1 is 1.27 bits per heavy atom. The molecule has 0 spiro atoms. The number of hydrogen-bond donors (Lipinski definition) is 1. The second-order valence-electron chi connectivity index (χ2n) is 6.03. The molecule has 0 aliphatic carbocycles. The van der Waals surface area contributed by atoms with E-state index in [1.165, 1.54) is 12.4 Å². The quantitative estimate of drug-likeness (QED) is 0.707. The van der Waals surface area contributed by atoms with E-state index in [2.05, 4.69) is 24.9 Å². The molecule has 0 bridgehead atoms. The van der Waals surface area contributed by atoms with Crippen molar-refractivity contribution in [3.8, 4) is 11.4 Å². The SMILES string of the molecule is O=c1[nH]c(-c2cncnc2)nc2c1CN(Cc1cc(F)cnc1Cl)CC2. The van der Waals surface area contributed by atoms with Crippen LogP contribution < -0.4 is 5.56 Å². The van der Waals surface area contributed by atoms with Crippen molar-refractivity contribution in [3.63, 3.8) is 0 Å². The molecule has 4 rings (SSSR count). The van der Waals surface area contributed by atoms with Crippen molar-refractivity contribution in [2.24, 2.45) is 0 Å². The van der Waals surface area contributed by atoms with Gasteiger partial charge in [-0.3, -0.25) is 9.69 Å². The fourth-order valence-electron chi connectivity index (χ4n) is 2.99. The molecule has 1 aliphatic heterocycles. The maximum atomic E-state index is 13.4. The van der Waals surface area contributed by atoms with Crippen molar-refractivity contribution >= 4 is 11.6 Å². The fraction of sp³-hybridized carbons (Fsp3) is 0.235. The first-order chi connectivity index (χ1) is 12.6. The zero-order valence-electron chi connectivity index (χ0n) is 13.6. The number of aromatic amines is 1. The van der Waals surface area contributed by atoms with Gasteiger partial charge in [-0.1, -0.05) is 11.6 Å². The lowest BCUT2D eigenvalue weighted by molar-refractivity contribution is 0.241. The van der Waals surface area contributed by atoms with Crippen LogP contribution in [-0.4, -0.2) is 36.4 Å². The topological polar surface area (TPSA) is 87.7 Å². The zero-order chi connectivity index (χ0) is 18.1. The van der Waals surface area contributed by atoms with Gasteiger partial charge in [0, 0.05) is 44.0 Å². The Bertz CT molecular complexity index is 1010. The molecule has 3 aromatic heterocycles. The van der Waals surface area contributed by atoms with Crippen LogP contribution in [0.2, 0.25) is 5.15 Å². The van der Waals surface area contributed by atoms with Crippen LogP contribution in [0.1, 0.15) is 16.8 Å². The number of aromatic nitrogens is 5. The van der Waals surface area contributed by atoms with Crippen LogP contribution in [0, 0.1) is 5.82 Å². The number of nitrogens with zero attached hydrogens (tertiary/aromatic N) is 5. The summed E-state index contributed by atoms with van der Waals surface area (Å²) < 4.78 is 13.4. The lowest BCUT2D eigenvalue weighted by atomic mass is 10.1. The van der Waals surface area contributed by atoms with Crippen molar-refractivity contribution in [1.82, 2.24) is 29.8 Å². The van der Waals surface area contributed by atoms with E-state index in [0.717, 1.165) is 11.9 Å². The van der Waals surface area contributed by atoms with Gasteiger partial charge in [0.05, 0.1) is 23.0 Å². The van der Waals surface area contributed by atoms with E-state index in [1.807, 2.05) is 4.90 Å². The normalized spacial score (nSPS) is 14.2. The number of halogens is 2. The number of H-pyrrole nitrogens is 1. The van der Waals surface area contributed by atoms with E-state index in [0.29, 0.717) is 48.6 Å². The summed E-state index contributed by atoms with van der Waals surface area (Å²) in [4.78, 5) is 33.6. The first-order valence-electron chi connectivity index (χ1n) is 8.00. The maximum Gasteiger partial charge on any atom is 0.255 e. The van der Waals surface area contributed by atoms with Gasteiger partial charge in [0.1, 0.15) is 23.1 Å². The van der Waals surface area contributed by atoms with Gasteiger partial charge in [-0.25, -0.2) is 24.3 Å². The average molecular weight is 373 g/mol. The molecule has 9 heteroatoms. The standard InChI is InChI=1S/C17H14ClFN6O/c18-15-10(3-12(19)6-22-15)7-25-2-1-14-13(8-25)17(26)24-16(23-14)11-4-20-9-21-5-11/h3-6,9H,1-2,7-8H2,(H,23,24,26). The lowest BCUT2D eigenvalue weighted by Crippen LogP contribution is -2.35. The number of nitrogens with one attached hydrogen (secondary N) is 1. The van der Waals surface area contributed by atoms with Crippen molar-refractivity contribution in [1.29, 1.82) is 0 Å². The Hall–Kier alpha value is -2.71. The predicted molar refractivity (Wildman–Crippen MR) is 92.9 cm³/mol. The summed E-state index contributed by atoms with van der Waals surface area (Å²) in [5, 5.41) is 0.267. The van der Waals surface area contributed by atoms with E-state index in [-0.39, 0.29) is 10.7 Å². The van der Waals surface area contributed by atoms with Gasteiger partial charge in [-0.2, -0.15) is 0 Å². The minimum Gasteiger partial charge on any atom is -0.306 e. The van der Waals surface area contributed by atoms with Crippen LogP contribution >= 0.6 is 11.6 Å². The Morgan fingerprint density at radius 3 is 2.88 bits per heavy atom. The molecule has 1 aliphatic rings. The highest BCUT2D eigenvalue weighted by atomic mass is 35.5. The van der Waals surface area contributed by atoms with E-state index in [1.54, 1.807) is 12.4 Å². The molecule has 1 N–H and O–H groups in total. The van der Waals surface area contributed by atoms with E-state index in [4.69, 9.17) is 11.6 Å². The Labute approximate surface area is 152 Å². The minimum absolute atomic E-state index is 0.193. The third-order valence-corrected chi connectivity index (χ3v) is 4.59. The van der Waals surface area contributed by atoms with Gasteiger partial charge in [0.25, 0.3) is 5.56 Å². The highest BCUT2D eigenvalue weighted by Gasteiger charge is 2.22. The number of rotatable bonds is 3. The summed E-state index contributed by atoms with van der Waals surface area (Å²) in [6, 6.07) is 1.37. The highest BCUT2D eigenvalue weighted by molar-refractivity contribution is 6.30. The second kappa shape index (κ2) is 6.89. The van der Waals surface area contributed by atoms with Crippen LogP contribution in [0.15, 0.2) is 35.8 Å². The molecule has 0 saturated heterocycles. The third-order valence-electron chi connectivity index (χ3n) is 4.25. The molecular weight excluding hydrogens is 359 g/mol. The summed E-state index contributed by atoms with van der Waals surface area (Å²) in [6.07, 6.45) is 6.32. The van der Waals surface area contributed by atoms with E-state index in [9.17, 15) is 9.18 Å². The molecule has 0 radical (unpaired) electrons. The van der Waals surface area contributed by atoms with Crippen molar-refractivity contribution in [3.05, 3.63) is 69.1 Å². The van der Waals surface area contributed by atoms with Crippen molar-refractivity contribution in [2.75, 3.05) is 6.54 Å². The molecule has 0 unspecified atom stereocenters. The predicted octanol–water partition coefficient (Wildman–Crippen LogP) is 1.97. The van der Waals surface area contributed by atoms with Crippen LogP contribution in [0.4, 0.5) is 4.39 Å². The first kappa shape index (κ1) is 16.7. The number of pyridine rings is 1. The van der Waals surface area contributed by atoms with Gasteiger partial charge in [0.15, 0.2) is 0 Å². The molecule has 3 aromatic rings.